The number of benzene rings is 1. The molecule has 2 aliphatic rings. The number of hydrogen-bond acceptors (Lipinski definition) is 6. The summed E-state index contributed by atoms with van der Waals surface area (Å²) in [5.74, 6) is -0.512. The first-order valence-electron chi connectivity index (χ1n) is 11.5. The lowest BCUT2D eigenvalue weighted by atomic mass is 10.1. The summed E-state index contributed by atoms with van der Waals surface area (Å²) in [4.78, 5) is 33.9. The van der Waals surface area contributed by atoms with Gasteiger partial charge in [-0.15, -0.1) is 11.3 Å². The number of likely N-dealkylation sites (tertiary alicyclic amines) is 2. The number of amides is 2. The third-order valence-electron chi connectivity index (χ3n) is 6.48. The maximum absolute atomic E-state index is 13.2. The number of nitrogens with zero attached hydrogens (tertiary/aromatic N) is 3. The lowest BCUT2D eigenvalue weighted by molar-refractivity contribution is -0.143. The highest BCUT2D eigenvalue weighted by molar-refractivity contribution is 7.91. The van der Waals surface area contributed by atoms with E-state index in [0.717, 1.165) is 40.0 Å². The number of hydrogen-bond donors (Lipinski definition) is 1. The van der Waals surface area contributed by atoms with E-state index in [4.69, 9.17) is 11.6 Å². The lowest BCUT2D eigenvalue weighted by Gasteiger charge is -2.34. The summed E-state index contributed by atoms with van der Waals surface area (Å²) in [5, 5.41) is 1.30. The van der Waals surface area contributed by atoms with E-state index in [1.54, 1.807) is 35.4 Å². The van der Waals surface area contributed by atoms with E-state index in [1.165, 1.54) is 4.90 Å². The monoisotopic (exact) mass is 532 g/mol. The zero-order valence-electron chi connectivity index (χ0n) is 18.9. The van der Waals surface area contributed by atoms with E-state index in [9.17, 15) is 18.0 Å². The van der Waals surface area contributed by atoms with Crippen LogP contribution in [0.1, 0.15) is 37.4 Å². The third kappa shape index (κ3) is 5.06. The minimum atomic E-state index is -3.91. The van der Waals surface area contributed by atoms with Gasteiger partial charge in [0.2, 0.25) is 11.8 Å². The van der Waals surface area contributed by atoms with E-state index in [2.05, 4.69) is 9.71 Å². The molecule has 2 unspecified atom stereocenters. The number of nitrogens with one attached hydrogen (secondary N) is 1. The van der Waals surface area contributed by atoms with Gasteiger partial charge in [0.25, 0.3) is 10.0 Å². The molecule has 0 bridgehead atoms. The first-order chi connectivity index (χ1) is 16.8. The minimum absolute atomic E-state index is 0.0677. The molecule has 1 N–H and O–H groups in total. The second-order valence-corrected chi connectivity index (χ2v) is 12.3. The summed E-state index contributed by atoms with van der Waals surface area (Å²) >= 11 is 7.13. The van der Waals surface area contributed by atoms with E-state index in [0.29, 0.717) is 31.0 Å². The first-order valence-corrected chi connectivity index (χ1v) is 14.2. The fourth-order valence-electron chi connectivity index (χ4n) is 4.76. The summed E-state index contributed by atoms with van der Waals surface area (Å²) in [7, 11) is -3.91. The average molecular weight is 533 g/mol. The highest BCUT2D eigenvalue weighted by atomic mass is 35.5. The Labute approximate surface area is 212 Å². The third-order valence-corrected chi connectivity index (χ3v) is 9.76. The van der Waals surface area contributed by atoms with Gasteiger partial charge >= 0.3 is 0 Å². The number of carbonyl (C=O) groups excluding carboxylic acids is 2. The van der Waals surface area contributed by atoms with Gasteiger partial charge in [0.15, 0.2) is 0 Å². The molecule has 184 valence electrons. The number of pyridine rings is 1. The molecular formula is C24H25ClN4O4S2. The predicted molar refractivity (Wildman–Crippen MR) is 135 cm³/mol. The Bertz CT molecular complexity index is 1360. The lowest BCUT2D eigenvalue weighted by Crippen LogP contribution is -2.54. The number of thiophene rings is 1. The molecule has 2 aliphatic heterocycles. The summed E-state index contributed by atoms with van der Waals surface area (Å²) in [6, 6.07) is 11.4. The zero-order chi connectivity index (χ0) is 24.6. The number of carbonyl (C=O) groups is 2. The van der Waals surface area contributed by atoms with Crippen LogP contribution in [-0.4, -0.2) is 60.7 Å². The summed E-state index contributed by atoms with van der Waals surface area (Å²) in [6.45, 7) is 0.974. The Balaban J connectivity index is 1.27. The molecule has 8 nitrogen and oxygen atoms in total. The van der Waals surface area contributed by atoms with Crippen molar-refractivity contribution in [3.05, 3.63) is 59.4 Å². The molecule has 0 saturated carbocycles. The number of fused-ring (bicyclic) bond motifs is 1. The molecule has 2 saturated heterocycles. The fraction of sp³-hybridized carbons (Fsp3) is 0.375. The van der Waals surface area contributed by atoms with E-state index in [-0.39, 0.29) is 28.6 Å². The van der Waals surface area contributed by atoms with Crippen LogP contribution in [0.5, 0.6) is 0 Å². The molecular weight excluding hydrogens is 508 g/mol. The summed E-state index contributed by atoms with van der Waals surface area (Å²) in [6.07, 6.45) is 4.42. The van der Waals surface area contributed by atoms with Crippen LogP contribution in [0.25, 0.3) is 10.1 Å². The SMILES string of the molecule is O=C1C(NS(=O)(=O)c2cc3ccc(Cl)cc3s2)CCCN1CC(=O)N1CCCC1c1ccccn1. The normalized spacial score (nSPS) is 21.1. The zero-order valence-corrected chi connectivity index (χ0v) is 21.3. The number of rotatable bonds is 6. The van der Waals surface area contributed by atoms with Gasteiger partial charge in [-0.1, -0.05) is 23.7 Å². The Hall–Kier alpha value is -2.53. The average Bonchev–Trinajstić information content (AvgIpc) is 3.50. The second-order valence-electron chi connectivity index (χ2n) is 8.82. The van der Waals surface area contributed by atoms with E-state index < -0.39 is 16.1 Å². The first kappa shape index (κ1) is 24.2. The van der Waals surface area contributed by atoms with Gasteiger partial charge in [0.05, 0.1) is 18.3 Å². The van der Waals surface area contributed by atoms with Crippen molar-refractivity contribution < 1.29 is 18.0 Å². The van der Waals surface area contributed by atoms with Gasteiger partial charge < -0.3 is 9.80 Å². The van der Waals surface area contributed by atoms with E-state index >= 15 is 0 Å². The summed E-state index contributed by atoms with van der Waals surface area (Å²) in [5.41, 5.74) is 0.846. The number of halogens is 1. The Kier molecular flexibility index (Phi) is 6.80. The number of sulfonamides is 1. The van der Waals surface area contributed by atoms with Crippen LogP contribution in [-0.2, 0) is 19.6 Å². The smallest absolute Gasteiger partial charge is 0.250 e. The molecule has 1 aromatic carbocycles. The second kappa shape index (κ2) is 9.85. The quantitative estimate of drug-likeness (QED) is 0.523. The van der Waals surface area contributed by atoms with Crippen LogP contribution in [0.15, 0.2) is 52.9 Å². The maximum atomic E-state index is 13.2. The Morgan fingerprint density at radius 2 is 1.97 bits per heavy atom. The van der Waals surface area contributed by atoms with Crippen molar-refractivity contribution in [2.24, 2.45) is 0 Å². The molecule has 4 heterocycles. The molecule has 35 heavy (non-hydrogen) atoms. The van der Waals surface area contributed by atoms with Crippen molar-refractivity contribution in [3.63, 3.8) is 0 Å². The fourth-order valence-corrected chi connectivity index (χ4v) is 7.68. The van der Waals surface area contributed by atoms with Crippen LogP contribution < -0.4 is 4.72 Å². The standard InChI is InChI=1S/C24H25ClN4O4S2/c25-17-9-8-16-13-23(34-21(16)14-17)35(32,33)27-19-6-3-11-28(24(19)31)15-22(30)29-12-4-7-20(29)18-5-1-2-10-26-18/h1-2,5,8-10,13-14,19-20,27H,3-4,6-7,11-12,15H2. The largest absolute Gasteiger partial charge is 0.333 e. The van der Waals surface area contributed by atoms with Crippen molar-refractivity contribution in [2.45, 2.75) is 42.0 Å². The van der Waals surface area contributed by atoms with Gasteiger partial charge in [-0.25, -0.2) is 8.42 Å². The number of piperidine rings is 1. The molecule has 0 aliphatic carbocycles. The molecule has 2 fully saturated rings. The Morgan fingerprint density at radius 3 is 2.77 bits per heavy atom. The van der Waals surface area contributed by atoms with Crippen LogP contribution in [0, 0.1) is 0 Å². The molecule has 0 spiro atoms. The summed E-state index contributed by atoms with van der Waals surface area (Å²) < 4.78 is 29.6. The maximum Gasteiger partial charge on any atom is 0.250 e. The van der Waals surface area contributed by atoms with Crippen molar-refractivity contribution in [1.29, 1.82) is 0 Å². The predicted octanol–water partition coefficient (Wildman–Crippen LogP) is 3.58. The van der Waals surface area contributed by atoms with Crippen LogP contribution in [0.2, 0.25) is 5.02 Å². The van der Waals surface area contributed by atoms with Crippen molar-refractivity contribution in [3.8, 4) is 0 Å². The molecule has 5 rings (SSSR count). The van der Waals surface area contributed by atoms with Crippen LogP contribution in [0.4, 0.5) is 0 Å². The van der Waals surface area contributed by atoms with Crippen LogP contribution in [0.3, 0.4) is 0 Å². The van der Waals surface area contributed by atoms with Gasteiger partial charge in [-0.05, 0) is 61.4 Å². The highest BCUT2D eigenvalue weighted by Gasteiger charge is 2.36. The van der Waals surface area contributed by atoms with Crippen molar-refractivity contribution >= 4 is 54.9 Å². The topological polar surface area (TPSA) is 99.7 Å². The molecule has 2 aromatic heterocycles. The van der Waals surface area contributed by atoms with Gasteiger partial charge in [-0.3, -0.25) is 14.6 Å². The molecule has 0 radical (unpaired) electrons. The van der Waals surface area contributed by atoms with Crippen LogP contribution >= 0.6 is 22.9 Å². The van der Waals surface area contributed by atoms with Gasteiger partial charge in [0, 0.05) is 29.0 Å². The number of aromatic nitrogens is 1. The van der Waals surface area contributed by atoms with Crippen molar-refractivity contribution in [1.82, 2.24) is 19.5 Å². The molecule has 2 atom stereocenters. The highest BCUT2D eigenvalue weighted by Crippen LogP contribution is 2.32. The Morgan fingerprint density at radius 1 is 1.14 bits per heavy atom. The van der Waals surface area contributed by atoms with Gasteiger partial charge in [-0.2, -0.15) is 4.72 Å². The molecule has 3 aromatic rings. The van der Waals surface area contributed by atoms with Gasteiger partial charge in [0.1, 0.15) is 10.3 Å². The minimum Gasteiger partial charge on any atom is -0.333 e. The van der Waals surface area contributed by atoms with E-state index in [1.807, 2.05) is 18.2 Å². The molecule has 11 heteroatoms. The molecule has 2 amide bonds. The van der Waals surface area contributed by atoms with Crippen molar-refractivity contribution in [2.75, 3.05) is 19.6 Å².